The topological polar surface area (TPSA) is 37.8 Å². The molecule has 0 unspecified atom stereocenters. The van der Waals surface area contributed by atoms with Crippen LogP contribution in [0.5, 0.6) is 0 Å². The van der Waals surface area contributed by atoms with Gasteiger partial charge < -0.3 is 5.32 Å². The molecule has 0 bridgehead atoms. The second-order valence-electron chi connectivity index (χ2n) is 4.45. The van der Waals surface area contributed by atoms with Gasteiger partial charge in [0.15, 0.2) is 5.69 Å². The fourth-order valence-electron chi connectivity index (χ4n) is 1.73. The maximum absolute atomic E-state index is 12.9. The third-order valence-corrected chi connectivity index (χ3v) is 3.23. The Kier molecular flexibility index (Phi) is 4.37. The van der Waals surface area contributed by atoms with E-state index in [1.54, 1.807) is 25.1 Å². The Morgan fingerprint density at radius 2 is 1.90 bits per heavy atom. The highest BCUT2D eigenvalue weighted by Crippen LogP contribution is 2.32. The molecule has 0 aliphatic carbocycles. The number of aryl methyl sites for hydroxylation is 1. The van der Waals surface area contributed by atoms with Crippen LogP contribution in [-0.2, 0) is 6.18 Å². The van der Waals surface area contributed by atoms with Crippen molar-refractivity contribution in [2.45, 2.75) is 20.0 Å². The zero-order valence-electron chi connectivity index (χ0n) is 11.4. The van der Waals surface area contributed by atoms with Crippen molar-refractivity contribution >= 4 is 17.5 Å². The van der Waals surface area contributed by atoms with E-state index >= 15 is 0 Å². The van der Waals surface area contributed by atoms with E-state index < -0.39 is 11.9 Å². The van der Waals surface area contributed by atoms with Crippen molar-refractivity contribution in [1.82, 2.24) is 9.97 Å². The van der Waals surface area contributed by atoms with Gasteiger partial charge >= 0.3 is 6.18 Å². The molecule has 0 radical (unpaired) electrons. The highest BCUT2D eigenvalue weighted by molar-refractivity contribution is 6.31. The molecule has 0 aliphatic rings. The van der Waals surface area contributed by atoms with Crippen LogP contribution in [0.4, 0.5) is 19.1 Å². The summed E-state index contributed by atoms with van der Waals surface area (Å²) >= 11 is 6.01. The minimum atomic E-state index is -4.53. The van der Waals surface area contributed by atoms with E-state index in [-0.39, 0.29) is 11.6 Å². The second-order valence-corrected chi connectivity index (χ2v) is 4.86. The van der Waals surface area contributed by atoms with E-state index in [9.17, 15) is 13.2 Å². The normalized spacial score (nSPS) is 11.5. The monoisotopic (exact) mass is 315 g/mol. The Hall–Kier alpha value is -1.82. The number of aromatic nitrogens is 2. The number of halogens is 4. The fourth-order valence-corrected chi connectivity index (χ4v) is 1.91. The zero-order valence-corrected chi connectivity index (χ0v) is 12.2. The minimum Gasteiger partial charge on any atom is -0.354 e. The molecule has 1 aromatic carbocycles. The van der Waals surface area contributed by atoms with Gasteiger partial charge in [0.05, 0.1) is 5.69 Å². The van der Waals surface area contributed by atoms with E-state index in [0.717, 1.165) is 11.6 Å². The fraction of sp³-hybridized carbons (Fsp3) is 0.286. The Morgan fingerprint density at radius 1 is 1.19 bits per heavy atom. The lowest BCUT2D eigenvalue weighted by molar-refractivity contribution is -0.141. The van der Waals surface area contributed by atoms with Crippen molar-refractivity contribution in [3.63, 3.8) is 0 Å². The van der Waals surface area contributed by atoms with Gasteiger partial charge in [0, 0.05) is 17.1 Å². The molecule has 7 heteroatoms. The maximum atomic E-state index is 12.9. The second kappa shape index (κ2) is 5.89. The van der Waals surface area contributed by atoms with Crippen LogP contribution < -0.4 is 5.32 Å². The first-order valence-corrected chi connectivity index (χ1v) is 6.65. The first-order valence-electron chi connectivity index (χ1n) is 6.28. The number of nitrogens with one attached hydrogen (secondary N) is 1. The number of hydrogen-bond acceptors (Lipinski definition) is 3. The third-order valence-electron chi connectivity index (χ3n) is 2.82. The number of benzene rings is 1. The van der Waals surface area contributed by atoms with Gasteiger partial charge in [-0.2, -0.15) is 13.2 Å². The van der Waals surface area contributed by atoms with Crippen molar-refractivity contribution in [2.75, 3.05) is 11.9 Å². The number of anilines is 1. The lowest BCUT2D eigenvalue weighted by Gasteiger charge is -2.11. The van der Waals surface area contributed by atoms with Crippen LogP contribution >= 0.6 is 11.6 Å². The van der Waals surface area contributed by atoms with Crippen molar-refractivity contribution in [2.24, 2.45) is 0 Å². The van der Waals surface area contributed by atoms with Crippen LogP contribution in [-0.4, -0.2) is 16.5 Å². The van der Waals surface area contributed by atoms with Crippen molar-refractivity contribution in [3.05, 3.63) is 40.5 Å². The largest absolute Gasteiger partial charge is 0.433 e. The number of hydrogen-bond donors (Lipinski definition) is 1. The average molecular weight is 316 g/mol. The van der Waals surface area contributed by atoms with Crippen molar-refractivity contribution in [1.29, 1.82) is 0 Å². The molecule has 0 aliphatic heterocycles. The summed E-state index contributed by atoms with van der Waals surface area (Å²) in [7, 11) is 0. The summed E-state index contributed by atoms with van der Waals surface area (Å²) in [6, 6.07) is 5.93. The third kappa shape index (κ3) is 3.64. The molecule has 1 aromatic heterocycles. The lowest BCUT2D eigenvalue weighted by Crippen LogP contribution is -2.12. The van der Waals surface area contributed by atoms with Crippen LogP contribution in [0.15, 0.2) is 24.3 Å². The standard InChI is InChI=1S/C14H13ClF3N3/c1-3-19-13-20-11(7-12(21-13)14(16,17)18)9-5-4-8(2)10(15)6-9/h4-7H,3H2,1-2H3,(H,19,20,21). The molecule has 2 rings (SSSR count). The van der Waals surface area contributed by atoms with Crippen molar-refractivity contribution < 1.29 is 13.2 Å². The van der Waals surface area contributed by atoms with Crippen LogP contribution in [0.25, 0.3) is 11.3 Å². The van der Waals surface area contributed by atoms with E-state index in [1.165, 1.54) is 0 Å². The SMILES string of the molecule is CCNc1nc(-c2ccc(C)c(Cl)c2)cc(C(F)(F)F)n1. The molecule has 112 valence electrons. The van der Waals surface area contributed by atoms with Gasteiger partial charge in [0.2, 0.25) is 5.95 Å². The van der Waals surface area contributed by atoms with Gasteiger partial charge in [0.25, 0.3) is 0 Å². The summed E-state index contributed by atoms with van der Waals surface area (Å²) < 4.78 is 38.7. The van der Waals surface area contributed by atoms with Gasteiger partial charge in [-0.3, -0.25) is 0 Å². The summed E-state index contributed by atoms with van der Waals surface area (Å²) in [6.45, 7) is 4.00. The van der Waals surface area contributed by atoms with Crippen LogP contribution in [0.2, 0.25) is 5.02 Å². The van der Waals surface area contributed by atoms with E-state index in [0.29, 0.717) is 17.1 Å². The van der Waals surface area contributed by atoms with E-state index in [2.05, 4.69) is 15.3 Å². The minimum absolute atomic E-state index is 0.0565. The Morgan fingerprint density at radius 3 is 2.48 bits per heavy atom. The summed E-state index contributed by atoms with van der Waals surface area (Å²) in [5, 5.41) is 3.18. The Labute approximate surface area is 125 Å². The quantitative estimate of drug-likeness (QED) is 0.902. The van der Waals surface area contributed by atoms with E-state index in [1.807, 2.05) is 6.92 Å². The number of rotatable bonds is 3. The van der Waals surface area contributed by atoms with Crippen LogP contribution in [0.1, 0.15) is 18.2 Å². The number of alkyl halides is 3. The summed E-state index contributed by atoms with van der Waals surface area (Å²) in [5.74, 6) is -0.0565. The molecular weight excluding hydrogens is 303 g/mol. The Balaban J connectivity index is 2.56. The predicted molar refractivity (Wildman–Crippen MR) is 76.4 cm³/mol. The summed E-state index contributed by atoms with van der Waals surface area (Å²) in [4.78, 5) is 7.58. The molecule has 0 atom stereocenters. The molecule has 0 saturated carbocycles. The molecule has 0 amide bonds. The predicted octanol–water partition coefficient (Wildman–Crippen LogP) is 4.56. The smallest absolute Gasteiger partial charge is 0.354 e. The molecule has 21 heavy (non-hydrogen) atoms. The van der Waals surface area contributed by atoms with Gasteiger partial charge in [-0.1, -0.05) is 23.7 Å². The highest BCUT2D eigenvalue weighted by Gasteiger charge is 2.33. The first-order chi connectivity index (χ1) is 9.81. The van der Waals surface area contributed by atoms with Gasteiger partial charge in [-0.15, -0.1) is 0 Å². The first kappa shape index (κ1) is 15.6. The molecule has 2 aromatic rings. The van der Waals surface area contributed by atoms with Gasteiger partial charge in [-0.25, -0.2) is 9.97 Å². The molecule has 3 nitrogen and oxygen atoms in total. The lowest BCUT2D eigenvalue weighted by atomic mass is 10.1. The average Bonchev–Trinajstić information content (AvgIpc) is 2.41. The van der Waals surface area contributed by atoms with E-state index in [4.69, 9.17) is 11.6 Å². The molecule has 0 spiro atoms. The van der Waals surface area contributed by atoms with Crippen LogP contribution in [0.3, 0.4) is 0 Å². The van der Waals surface area contributed by atoms with Gasteiger partial charge in [0.1, 0.15) is 0 Å². The highest BCUT2D eigenvalue weighted by atomic mass is 35.5. The molecule has 0 saturated heterocycles. The molecule has 1 N–H and O–H groups in total. The van der Waals surface area contributed by atoms with Crippen LogP contribution in [0, 0.1) is 6.92 Å². The molecule has 0 fully saturated rings. The maximum Gasteiger partial charge on any atom is 0.433 e. The summed E-state index contributed by atoms with van der Waals surface area (Å²) in [6.07, 6.45) is -4.53. The zero-order chi connectivity index (χ0) is 15.6. The summed E-state index contributed by atoms with van der Waals surface area (Å²) in [5.41, 5.74) is 0.547. The molecule has 1 heterocycles. The van der Waals surface area contributed by atoms with Crippen molar-refractivity contribution in [3.8, 4) is 11.3 Å². The Bertz CT molecular complexity index is 656. The van der Waals surface area contributed by atoms with Gasteiger partial charge in [-0.05, 0) is 31.5 Å². The number of nitrogens with zero attached hydrogens (tertiary/aromatic N) is 2. The molecular formula is C14H13ClF3N3.